The number of amides is 2. The van der Waals surface area contributed by atoms with E-state index in [0.717, 1.165) is 17.7 Å². The summed E-state index contributed by atoms with van der Waals surface area (Å²) in [6, 6.07) is 11.6. The van der Waals surface area contributed by atoms with Crippen molar-refractivity contribution in [1.29, 1.82) is 0 Å². The lowest BCUT2D eigenvalue weighted by atomic mass is 9.88. The molecule has 1 aromatic heterocycles. The van der Waals surface area contributed by atoms with Crippen molar-refractivity contribution >= 4 is 11.8 Å². The fourth-order valence-electron chi connectivity index (χ4n) is 3.84. The molecule has 0 aliphatic carbocycles. The Morgan fingerprint density at radius 3 is 2.59 bits per heavy atom. The molecule has 1 atom stereocenters. The van der Waals surface area contributed by atoms with E-state index in [-0.39, 0.29) is 17.7 Å². The summed E-state index contributed by atoms with van der Waals surface area (Å²) in [5, 5.41) is 4.17. The van der Waals surface area contributed by atoms with Crippen LogP contribution in [0.15, 0.2) is 40.9 Å². The monoisotopic (exact) mass is 369 g/mol. The first-order chi connectivity index (χ1) is 12.8. The maximum absolute atomic E-state index is 13.2. The van der Waals surface area contributed by atoms with Gasteiger partial charge >= 0.3 is 0 Å². The number of hydrogen-bond donors (Lipinski definition) is 0. The highest BCUT2D eigenvalue weighted by Gasteiger charge is 2.51. The van der Waals surface area contributed by atoms with E-state index in [9.17, 15) is 9.59 Å². The van der Waals surface area contributed by atoms with Crippen molar-refractivity contribution in [1.82, 2.24) is 15.0 Å². The van der Waals surface area contributed by atoms with Crippen LogP contribution < -0.4 is 0 Å². The van der Waals surface area contributed by atoms with Crippen LogP contribution in [-0.2, 0) is 16.0 Å². The third-order valence-electron chi connectivity index (χ3n) is 5.15. The van der Waals surface area contributed by atoms with Gasteiger partial charge in [0.1, 0.15) is 17.0 Å². The molecule has 0 radical (unpaired) electrons. The van der Waals surface area contributed by atoms with E-state index in [1.54, 1.807) is 23.9 Å². The molecule has 2 aromatic rings. The predicted molar refractivity (Wildman–Crippen MR) is 103 cm³/mol. The van der Waals surface area contributed by atoms with E-state index in [0.29, 0.717) is 25.1 Å². The van der Waals surface area contributed by atoms with Crippen LogP contribution in [0.5, 0.6) is 0 Å². The van der Waals surface area contributed by atoms with Gasteiger partial charge in [-0.1, -0.05) is 49.3 Å². The first kappa shape index (κ1) is 19.1. The number of likely N-dealkylation sites (tertiary alicyclic amines) is 1. The summed E-state index contributed by atoms with van der Waals surface area (Å²) >= 11 is 0. The van der Waals surface area contributed by atoms with Crippen LogP contribution >= 0.6 is 0 Å². The fraction of sp³-hybridized carbons (Fsp3) is 0.476. The maximum Gasteiger partial charge on any atom is 0.248 e. The second-order valence-electron chi connectivity index (χ2n) is 7.70. The fourth-order valence-corrected chi connectivity index (χ4v) is 3.84. The van der Waals surface area contributed by atoms with Crippen molar-refractivity contribution in [2.45, 2.75) is 38.6 Å². The van der Waals surface area contributed by atoms with Crippen molar-refractivity contribution in [2.75, 3.05) is 20.6 Å². The Hall–Kier alpha value is -2.63. The molecule has 6 heteroatoms. The first-order valence-electron chi connectivity index (χ1n) is 9.39. The van der Waals surface area contributed by atoms with Crippen molar-refractivity contribution in [2.24, 2.45) is 5.92 Å². The highest BCUT2D eigenvalue weighted by molar-refractivity contribution is 5.92. The van der Waals surface area contributed by atoms with Crippen LogP contribution in [0, 0.1) is 5.92 Å². The maximum atomic E-state index is 13.2. The van der Waals surface area contributed by atoms with Gasteiger partial charge in [-0.15, -0.1) is 0 Å². The number of nitrogens with zero attached hydrogens (tertiary/aromatic N) is 3. The molecule has 1 fully saturated rings. The van der Waals surface area contributed by atoms with Crippen LogP contribution in [0.1, 0.15) is 32.4 Å². The lowest BCUT2D eigenvalue weighted by Gasteiger charge is -2.39. The second kappa shape index (κ2) is 7.55. The highest BCUT2D eigenvalue weighted by atomic mass is 16.5. The quantitative estimate of drug-likeness (QED) is 0.813. The van der Waals surface area contributed by atoms with Crippen molar-refractivity contribution in [3.63, 3.8) is 0 Å². The summed E-state index contributed by atoms with van der Waals surface area (Å²) < 4.78 is 5.57. The number of aromatic nitrogens is 1. The van der Waals surface area contributed by atoms with Gasteiger partial charge in [0, 0.05) is 44.6 Å². The Bertz CT molecular complexity index is 813. The third-order valence-corrected chi connectivity index (χ3v) is 5.15. The molecule has 1 saturated heterocycles. The molecule has 0 spiro atoms. The standard InChI is InChI=1S/C21H27N3O3/c1-15(2)19(25)24-12-8-11-21(24,20(26)23(3)4)14-17-13-18(22-27-17)16-9-6-5-7-10-16/h5-7,9-10,13,15H,8,11-12,14H2,1-4H3/t21-/m1/s1. The molecule has 2 heterocycles. The van der Waals surface area contributed by atoms with E-state index < -0.39 is 5.54 Å². The Kier molecular flexibility index (Phi) is 5.35. The van der Waals surface area contributed by atoms with Crippen LogP contribution in [0.4, 0.5) is 0 Å². The van der Waals surface area contributed by atoms with Gasteiger partial charge in [-0.05, 0) is 12.8 Å². The van der Waals surface area contributed by atoms with E-state index in [1.165, 1.54) is 0 Å². The molecule has 144 valence electrons. The summed E-state index contributed by atoms with van der Waals surface area (Å²) in [5.74, 6) is 0.400. The Balaban J connectivity index is 1.95. The van der Waals surface area contributed by atoms with E-state index in [4.69, 9.17) is 4.52 Å². The molecule has 1 aromatic carbocycles. The van der Waals surface area contributed by atoms with Gasteiger partial charge in [0.2, 0.25) is 11.8 Å². The Morgan fingerprint density at radius 1 is 1.26 bits per heavy atom. The number of hydrogen-bond acceptors (Lipinski definition) is 4. The average molecular weight is 369 g/mol. The van der Waals surface area contributed by atoms with Gasteiger partial charge < -0.3 is 14.3 Å². The number of benzene rings is 1. The lowest BCUT2D eigenvalue weighted by Crippen LogP contribution is -2.59. The number of likely N-dealkylation sites (N-methyl/N-ethyl adjacent to an activating group) is 1. The van der Waals surface area contributed by atoms with Crippen LogP contribution in [-0.4, -0.2) is 52.9 Å². The van der Waals surface area contributed by atoms with Gasteiger partial charge in [0.25, 0.3) is 0 Å². The van der Waals surface area contributed by atoms with Gasteiger partial charge in [-0.25, -0.2) is 0 Å². The van der Waals surface area contributed by atoms with Gasteiger partial charge in [0.15, 0.2) is 0 Å². The average Bonchev–Trinajstić information content (AvgIpc) is 3.29. The molecular formula is C21H27N3O3. The summed E-state index contributed by atoms with van der Waals surface area (Å²) in [7, 11) is 3.46. The molecule has 6 nitrogen and oxygen atoms in total. The second-order valence-corrected chi connectivity index (χ2v) is 7.70. The smallest absolute Gasteiger partial charge is 0.248 e. The molecule has 0 bridgehead atoms. The molecule has 1 aliphatic heterocycles. The molecule has 2 amide bonds. The predicted octanol–water partition coefficient (Wildman–Crippen LogP) is 2.99. The topological polar surface area (TPSA) is 66.7 Å². The van der Waals surface area contributed by atoms with Crippen molar-refractivity contribution < 1.29 is 14.1 Å². The summed E-state index contributed by atoms with van der Waals surface area (Å²) in [6.45, 7) is 4.33. The van der Waals surface area contributed by atoms with Crippen LogP contribution in [0.2, 0.25) is 0 Å². The zero-order valence-corrected chi connectivity index (χ0v) is 16.4. The third kappa shape index (κ3) is 3.61. The first-order valence-corrected chi connectivity index (χ1v) is 9.39. The van der Waals surface area contributed by atoms with E-state index in [2.05, 4.69) is 5.16 Å². The minimum Gasteiger partial charge on any atom is -0.361 e. The normalized spacial score (nSPS) is 19.5. The molecule has 0 saturated carbocycles. The summed E-state index contributed by atoms with van der Waals surface area (Å²) in [5.41, 5.74) is 0.790. The summed E-state index contributed by atoms with van der Waals surface area (Å²) in [4.78, 5) is 29.3. The minimum absolute atomic E-state index is 0.00509. The highest BCUT2D eigenvalue weighted by Crippen LogP contribution is 2.36. The van der Waals surface area contributed by atoms with Gasteiger partial charge in [-0.2, -0.15) is 0 Å². The summed E-state index contributed by atoms with van der Waals surface area (Å²) in [6.07, 6.45) is 1.77. The lowest BCUT2D eigenvalue weighted by molar-refractivity contribution is -0.151. The zero-order valence-electron chi connectivity index (χ0n) is 16.4. The van der Waals surface area contributed by atoms with Crippen molar-refractivity contribution in [3.05, 3.63) is 42.2 Å². The molecule has 27 heavy (non-hydrogen) atoms. The molecule has 0 N–H and O–H groups in total. The van der Waals surface area contributed by atoms with Crippen molar-refractivity contribution in [3.8, 4) is 11.3 Å². The largest absolute Gasteiger partial charge is 0.361 e. The van der Waals surface area contributed by atoms with E-state index >= 15 is 0 Å². The van der Waals surface area contributed by atoms with Gasteiger partial charge in [-0.3, -0.25) is 9.59 Å². The Labute approximate surface area is 160 Å². The molecule has 0 unspecified atom stereocenters. The van der Waals surface area contributed by atoms with Crippen LogP contribution in [0.25, 0.3) is 11.3 Å². The number of carbonyl (C=O) groups is 2. The number of rotatable bonds is 5. The van der Waals surface area contributed by atoms with Crippen LogP contribution in [0.3, 0.4) is 0 Å². The number of carbonyl (C=O) groups excluding carboxylic acids is 2. The molecular weight excluding hydrogens is 342 g/mol. The Morgan fingerprint density at radius 2 is 1.96 bits per heavy atom. The van der Waals surface area contributed by atoms with E-state index in [1.807, 2.05) is 50.2 Å². The van der Waals surface area contributed by atoms with Gasteiger partial charge in [0.05, 0.1) is 0 Å². The minimum atomic E-state index is -0.904. The zero-order chi connectivity index (χ0) is 19.6. The SMILES string of the molecule is CC(C)C(=O)N1CCC[C@@]1(Cc1cc(-c2ccccc2)no1)C(=O)N(C)C. The molecule has 3 rings (SSSR count). The molecule has 1 aliphatic rings.